The molecule has 15 heteroatoms. The number of nitrogens with one attached hydrogen (secondary N) is 2. The summed E-state index contributed by atoms with van der Waals surface area (Å²) in [6.45, 7) is 12.0. The second-order valence-corrected chi connectivity index (χ2v) is 18.5. The molecule has 3 amide bonds. The van der Waals surface area contributed by atoms with Crippen molar-refractivity contribution in [2.45, 2.75) is 97.5 Å². The number of aryl methyl sites for hydroxylation is 1. The first kappa shape index (κ1) is 45.7. The Kier molecular flexibility index (Phi) is 13.6. The van der Waals surface area contributed by atoms with Crippen molar-refractivity contribution in [2.24, 2.45) is 17.3 Å². The Morgan fingerprint density at radius 1 is 1.10 bits per heavy atom. The lowest BCUT2D eigenvalue weighted by Gasteiger charge is -2.42. The molecular weight excluding hydrogens is 805 g/mol. The lowest BCUT2D eigenvalue weighted by atomic mass is 9.84. The van der Waals surface area contributed by atoms with Gasteiger partial charge in [0, 0.05) is 69.1 Å². The molecule has 3 aliphatic heterocycles. The fourth-order valence-electron chi connectivity index (χ4n) is 9.68. The predicted octanol–water partition coefficient (Wildman–Crippen LogP) is 5.34. The smallest absolute Gasteiger partial charge is 0.328 e. The molecule has 0 unspecified atom stereocenters. The van der Waals surface area contributed by atoms with E-state index in [1.54, 1.807) is 32.5 Å². The minimum Gasteiger partial charge on any atom is -0.508 e. The number of carbonyl (C=O) groups is 4. The summed E-state index contributed by atoms with van der Waals surface area (Å²) < 4.78 is 19.8. The van der Waals surface area contributed by atoms with Gasteiger partial charge in [-0.25, -0.2) is 5.43 Å². The molecule has 2 saturated heterocycles. The van der Waals surface area contributed by atoms with Crippen LogP contribution in [-0.4, -0.2) is 118 Å². The van der Waals surface area contributed by atoms with E-state index in [0.717, 1.165) is 38.9 Å². The zero-order valence-corrected chi connectivity index (χ0v) is 37.5. The molecule has 2 aromatic heterocycles. The standard InChI is InChI=1S/C48H62N6O9/c1-8-53-40-11-10-31-22-36(40)37(42(53)38-24-49-15-12-32(38)25-61-7)23-47(4,5)27-63-28-48(46(59)60)14-9-16-54(51-48)45(58)39(20-30-18-34(31)21-35(55)19-30)50-43(56)41(29(2)3)52(6)44(57)33-13-17-62-26-33/h10-12,15,18-19,21-22,24,29,33,39,41,51,55H,8-9,13-14,16-17,20,23,25-28H2,1-7H3,(H,50,56)(H,59,60)/t33-,39-,41-,48-/m0/s1. The predicted molar refractivity (Wildman–Crippen MR) is 237 cm³/mol. The minimum absolute atomic E-state index is 0.0235. The van der Waals surface area contributed by atoms with Gasteiger partial charge in [0.05, 0.1) is 38.0 Å². The number of aliphatic carboxylic acids is 1. The Balaban J connectivity index is 1.36. The summed E-state index contributed by atoms with van der Waals surface area (Å²) in [5.41, 5.74) is 8.04. The van der Waals surface area contributed by atoms with E-state index in [9.17, 15) is 29.4 Å². The second kappa shape index (κ2) is 18.8. The van der Waals surface area contributed by atoms with Gasteiger partial charge in [-0.05, 0) is 102 Å². The highest BCUT2D eigenvalue weighted by atomic mass is 16.5. The normalized spacial score (nSPS) is 22.2. The van der Waals surface area contributed by atoms with Gasteiger partial charge in [0.25, 0.3) is 5.91 Å². The molecule has 2 aromatic carbocycles. The zero-order chi connectivity index (χ0) is 45.2. The number of benzene rings is 2. The number of pyridine rings is 1. The molecule has 6 bridgehead atoms. The van der Waals surface area contributed by atoms with Crippen LogP contribution in [0.4, 0.5) is 0 Å². The number of hydrogen-bond donors (Lipinski definition) is 4. The molecule has 15 nitrogen and oxygen atoms in total. The average Bonchev–Trinajstić information content (AvgIpc) is 3.89. The van der Waals surface area contributed by atoms with Crippen LogP contribution in [0.25, 0.3) is 33.3 Å². The van der Waals surface area contributed by atoms with Gasteiger partial charge >= 0.3 is 5.97 Å². The Hall–Kier alpha value is -5.35. The SMILES string of the molecule is CCn1c(-c2cnccc2COC)c2c3cc(ccc31)-c1cc(O)cc(c1)C[C@H](NC(=O)[C@H](C(C)C)N(C)C(=O)[C@H]1CCOC1)C(=O)N1CCC[C@@](C(=O)O)(COCC(C)(C)C2)N1. The maximum absolute atomic E-state index is 14.8. The summed E-state index contributed by atoms with van der Waals surface area (Å²) in [5, 5.41) is 27.3. The summed E-state index contributed by atoms with van der Waals surface area (Å²) in [7, 11) is 3.27. The Bertz CT molecular complexity index is 2350. The number of carboxylic acids is 1. The molecule has 0 saturated carbocycles. The molecule has 2 fully saturated rings. The number of methoxy groups -OCH3 is 1. The van der Waals surface area contributed by atoms with Crippen LogP contribution in [0.3, 0.4) is 0 Å². The molecule has 4 aromatic rings. The van der Waals surface area contributed by atoms with Crippen LogP contribution in [0.1, 0.15) is 70.6 Å². The van der Waals surface area contributed by atoms with E-state index in [4.69, 9.17) is 14.2 Å². The summed E-state index contributed by atoms with van der Waals surface area (Å²) in [4.78, 5) is 61.9. The van der Waals surface area contributed by atoms with E-state index in [1.165, 1.54) is 9.91 Å². The molecule has 0 aliphatic carbocycles. The van der Waals surface area contributed by atoms with Crippen molar-refractivity contribution in [1.82, 2.24) is 30.2 Å². The topological polar surface area (TPSA) is 185 Å². The van der Waals surface area contributed by atoms with Gasteiger partial charge < -0.3 is 39.2 Å². The van der Waals surface area contributed by atoms with Gasteiger partial charge in [-0.1, -0.05) is 39.8 Å². The van der Waals surface area contributed by atoms with E-state index in [0.29, 0.717) is 50.1 Å². The Morgan fingerprint density at radius 3 is 2.59 bits per heavy atom. The van der Waals surface area contributed by atoms with Crippen LogP contribution in [0.5, 0.6) is 5.75 Å². The number of hydrazine groups is 1. The van der Waals surface area contributed by atoms with Crippen LogP contribution < -0.4 is 10.7 Å². The number of aromatic nitrogens is 2. The van der Waals surface area contributed by atoms with Gasteiger partial charge in [0.15, 0.2) is 5.54 Å². The number of nitrogens with zero attached hydrogens (tertiary/aromatic N) is 4. The van der Waals surface area contributed by atoms with Crippen LogP contribution >= 0.6 is 0 Å². The number of fused-ring (bicyclic) bond motifs is 6. The monoisotopic (exact) mass is 866 g/mol. The van der Waals surface area contributed by atoms with Gasteiger partial charge in [0.2, 0.25) is 11.8 Å². The second-order valence-electron chi connectivity index (χ2n) is 18.5. The summed E-state index contributed by atoms with van der Waals surface area (Å²) in [5.74, 6) is -3.15. The van der Waals surface area contributed by atoms with Crippen LogP contribution in [-0.2, 0) is 59.4 Å². The fourth-order valence-corrected chi connectivity index (χ4v) is 9.68. The number of hydrogen-bond acceptors (Lipinski definition) is 10. The maximum Gasteiger partial charge on any atom is 0.328 e. The molecule has 0 spiro atoms. The first-order chi connectivity index (χ1) is 30.1. The fraction of sp³-hybridized carbons (Fsp3) is 0.521. The number of carboxylic acid groups (broad SMARTS) is 1. The third-order valence-electron chi connectivity index (χ3n) is 12.8. The van der Waals surface area contributed by atoms with Crippen LogP contribution in [0.2, 0.25) is 0 Å². The highest BCUT2D eigenvalue weighted by Gasteiger charge is 2.46. The largest absolute Gasteiger partial charge is 0.508 e. The van der Waals surface area contributed by atoms with Gasteiger partial charge in [-0.2, -0.15) is 0 Å². The number of aromatic hydroxyl groups is 1. The quantitative estimate of drug-likeness (QED) is 0.161. The number of ether oxygens (including phenoxy) is 3. The molecule has 63 heavy (non-hydrogen) atoms. The zero-order valence-electron chi connectivity index (χ0n) is 37.5. The van der Waals surface area contributed by atoms with Crippen molar-refractivity contribution in [3.8, 4) is 28.1 Å². The Labute approximate surface area is 369 Å². The van der Waals surface area contributed by atoms with Crippen LogP contribution in [0.15, 0.2) is 54.9 Å². The molecule has 0 radical (unpaired) electrons. The first-order valence-electron chi connectivity index (χ1n) is 22.0. The van der Waals surface area contributed by atoms with Crippen LogP contribution in [0, 0.1) is 17.3 Å². The molecule has 338 valence electrons. The first-order valence-corrected chi connectivity index (χ1v) is 22.0. The molecule has 7 rings (SSSR count). The minimum atomic E-state index is -1.64. The van der Waals surface area contributed by atoms with Gasteiger partial charge in [0.1, 0.15) is 17.8 Å². The number of carbonyl (C=O) groups excluding carboxylic acids is 3. The molecule has 5 heterocycles. The van der Waals surface area contributed by atoms with Crippen molar-refractivity contribution >= 4 is 34.6 Å². The molecular formula is C48H62N6O9. The third-order valence-corrected chi connectivity index (χ3v) is 12.8. The van der Waals surface area contributed by atoms with Gasteiger partial charge in [-0.15, -0.1) is 0 Å². The lowest BCUT2D eigenvalue weighted by Crippen LogP contribution is -2.68. The maximum atomic E-state index is 14.8. The average molecular weight is 867 g/mol. The molecule has 4 N–H and O–H groups in total. The van der Waals surface area contributed by atoms with E-state index in [2.05, 4.69) is 53.2 Å². The van der Waals surface area contributed by atoms with Crippen molar-refractivity contribution in [2.75, 3.05) is 47.1 Å². The van der Waals surface area contributed by atoms with E-state index >= 15 is 0 Å². The number of phenolic OH excluding ortho intramolecular Hbond substituents is 1. The van der Waals surface area contributed by atoms with Crippen molar-refractivity contribution < 1.29 is 43.6 Å². The van der Waals surface area contributed by atoms with Crippen molar-refractivity contribution in [1.29, 1.82) is 0 Å². The highest BCUT2D eigenvalue weighted by molar-refractivity contribution is 5.96. The summed E-state index contributed by atoms with van der Waals surface area (Å²) in [6.07, 6.45) is 5.28. The van der Waals surface area contributed by atoms with E-state index < -0.39 is 40.8 Å². The van der Waals surface area contributed by atoms with E-state index in [1.807, 2.05) is 38.2 Å². The molecule has 4 atom stereocenters. The lowest BCUT2D eigenvalue weighted by molar-refractivity contribution is -0.161. The van der Waals surface area contributed by atoms with Crippen molar-refractivity contribution in [3.63, 3.8) is 0 Å². The summed E-state index contributed by atoms with van der Waals surface area (Å²) >= 11 is 0. The van der Waals surface area contributed by atoms with E-state index in [-0.39, 0.29) is 62.7 Å². The summed E-state index contributed by atoms with van der Waals surface area (Å²) in [6, 6.07) is 11.2. The number of likely N-dealkylation sites (N-methyl/N-ethyl adjacent to an activating group) is 1. The van der Waals surface area contributed by atoms with Gasteiger partial charge in [-0.3, -0.25) is 29.2 Å². The molecule has 3 aliphatic rings. The number of amides is 3. The number of rotatable bonds is 10. The Morgan fingerprint density at radius 2 is 1.89 bits per heavy atom. The number of phenols is 1. The van der Waals surface area contributed by atoms with Crippen molar-refractivity contribution in [3.05, 3.63) is 71.5 Å². The third kappa shape index (κ3) is 9.47. The highest BCUT2D eigenvalue weighted by Crippen LogP contribution is 2.41.